The summed E-state index contributed by atoms with van der Waals surface area (Å²) in [6.07, 6.45) is 2.51. The number of nitrogens with zero attached hydrogens (tertiary/aromatic N) is 1. The normalized spacial score (nSPS) is 12.0. The van der Waals surface area contributed by atoms with Gasteiger partial charge < -0.3 is 10.3 Å². The van der Waals surface area contributed by atoms with E-state index in [9.17, 15) is 9.59 Å². The molecule has 25 heavy (non-hydrogen) atoms. The Balaban J connectivity index is 1.95. The van der Waals surface area contributed by atoms with E-state index < -0.39 is 0 Å². The summed E-state index contributed by atoms with van der Waals surface area (Å²) >= 11 is 1.25. The molecule has 134 valence electrons. The van der Waals surface area contributed by atoms with Crippen LogP contribution in [0.4, 0.5) is 0 Å². The topological polar surface area (TPSA) is 74.8 Å². The zero-order valence-corrected chi connectivity index (χ0v) is 15.8. The first kappa shape index (κ1) is 19.2. The van der Waals surface area contributed by atoms with E-state index in [0.717, 1.165) is 30.5 Å². The third kappa shape index (κ3) is 6.05. The molecule has 2 rings (SSSR count). The summed E-state index contributed by atoms with van der Waals surface area (Å²) in [4.78, 5) is 31.0. The number of amides is 1. The van der Waals surface area contributed by atoms with Crippen molar-refractivity contribution in [3.8, 4) is 0 Å². The van der Waals surface area contributed by atoms with Crippen LogP contribution in [0.2, 0.25) is 0 Å². The lowest BCUT2D eigenvalue weighted by atomic mass is 10.0. The molecule has 2 aromatic rings. The van der Waals surface area contributed by atoms with Crippen molar-refractivity contribution in [2.75, 3.05) is 5.75 Å². The number of aromatic amines is 1. The Morgan fingerprint density at radius 3 is 2.64 bits per heavy atom. The lowest BCUT2D eigenvalue weighted by molar-refractivity contribution is -0.119. The van der Waals surface area contributed by atoms with Crippen molar-refractivity contribution in [1.82, 2.24) is 15.3 Å². The maximum atomic E-state index is 12.3. The molecule has 1 heterocycles. The lowest BCUT2D eigenvalue weighted by Crippen LogP contribution is -2.29. The van der Waals surface area contributed by atoms with E-state index in [1.807, 2.05) is 45.0 Å². The van der Waals surface area contributed by atoms with Gasteiger partial charge in [-0.25, -0.2) is 4.98 Å². The van der Waals surface area contributed by atoms with Crippen molar-refractivity contribution < 1.29 is 4.79 Å². The van der Waals surface area contributed by atoms with Gasteiger partial charge in [-0.1, -0.05) is 61.9 Å². The highest BCUT2D eigenvalue weighted by Crippen LogP contribution is 2.18. The third-order valence-corrected chi connectivity index (χ3v) is 4.72. The molecule has 2 N–H and O–H groups in total. The van der Waals surface area contributed by atoms with Gasteiger partial charge in [0.1, 0.15) is 0 Å². The van der Waals surface area contributed by atoms with Gasteiger partial charge in [0.2, 0.25) is 5.91 Å². The highest BCUT2D eigenvalue weighted by Gasteiger charge is 2.13. The number of hydrogen-bond donors (Lipinski definition) is 2. The fourth-order valence-electron chi connectivity index (χ4n) is 2.53. The first-order valence-corrected chi connectivity index (χ1v) is 9.59. The summed E-state index contributed by atoms with van der Waals surface area (Å²) < 4.78 is 0. The zero-order valence-electron chi connectivity index (χ0n) is 15.0. The molecule has 5 nitrogen and oxygen atoms in total. The molecule has 0 aliphatic carbocycles. The summed E-state index contributed by atoms with van der Waals surface area (Å²) in [6, 6.07) is 9.69. The number of benzene rings is 1. The van der Waals surface area contributed by atoms with Crippen LogP contribution in [0, 0.1) is 6.92 Å². The van der Waals surface area contributed by atoms with Crippen LogP contribution in [0.25, 0.3) is 0 Å². The van der Waals surface area contributed by atoms with Gasteiger partial charge in [0.25, 0.3) is 5.56 Å². The van der Waals surface area contributed by atoms with E-state index in [2.05, 4.69) is 15.3 Å². The van der Waals surface area contributed by atoms with Gasteiger partial charge in [-0.2, -0.15) is 0 Å². The molecule has 1 aromatic heterocycles. The van der Waals surface area contributed by atoms with Crippen molar-refractivity contribution in [2.45, 2.75) is 51.2 Å². The van der Waals surface area contributed by atoms with Crippen molar-refractivity contribution >= 4 is 17.7 Å². The molecular formula is C19H25N3O2S. The second kappa shape index (κ2) is 9.42. The van der Waals surface area contributed by atoms with Gasteiger partial charge in [-0.3, -0.25) is 9.59 Å². The van der Waals surface area contributed by atoms with Crippen LogP contribution < -0.4 is 10.9 Å². The molecule has 6 heteroatoms. The Bertz CT molecular complexity index is 756. The van der Waals surface area contributed by atoms with Crippen LogP contribution in [0.5, 0.6) is 0 Å². The van der Waals surface area contributed by atoms with E-state index >= 15 is 0 Å². The summed E-state index contributed by atoms with van der Waals surface area (Å²) in [5, 5.41) is 3.54. The number of carbonyl (C=O) groups excluding carboxylic acids is 1. The average molecular weight is 359 g/mol. The van der Waals surface area contributed by atoms with Crippen molar-refractivity contribution in [3.63, 3.8) is 0 Å². The predicted molar refractivity (Wildman–Crippen MR) is 102 cm³/mol. The van der Waals surface area contributed by atoms with Gasteiger partial charge >= 0.3 is 0 Å². The number of aryl methyl sites for hydroxylation is 2. The number of hydrogen-bond acceptors (Lipinski definition) is 4. The Labute approximate surface area is 152 Å². The Kier molecular flexibility index (Phi) is 7.25. The van der Waals surface area contributed by atoms with Crippen LogP contribution in [0.3, 0.4) is 0 Å². The molecule has 0 unspecified atom stereocenters. The predicted octanol–water partition coefficient (Wildman–Crippen LogP) is 3.39. The van der Waals surface area contributed by atoms with Crippen molar-refractivity contribution in [2.24, 2.45) is 0 Å². The molecule has 0 spiro atoms. The highest BCUT2D eigenvalue weighted by molar-refractivity contribution is 7.99. The van der Waals surface area contributed by atoms with Gasteiger partial charge in [0.05, 0.1) is 11.8 Å². The molecule has 0 aliphatic heterocycles. The van der Waals surface area contributed by atoms with Crippen molar-refractivity contribution in [3.05, 3.63) is 57.5 Å². The van der Waals surface area contributed by atoms with Crippen LogP contribution in [-0.4, -0.2) is 21.6 Å². The van der Waals surface area contributed by atoms with Crippen LogP contribution in [0.15, 0.2) is 40.3 Å². The fraction of sp³-hybridized carbons (Fsp3) is 0.421. The van der Waals surface area contributed by atoms with E-state index in [1.165, 1.54) is 23.4 Å². The summed E-state index contributed by atoms with van der Waals surface area (Å²) in [5.41, 5.74) is 2.89. The minimum Gasteiger partial charge on any atom is -0.349 e. The molecule has 1 amide bonds. The molecule has 0 radical (unpaired) electrons. The Hall–Kier alpha value is -2.08. The fourth-order valence-corrected chi connectivity index (χ4v) is 3.23. The number of aromatic nitrogens is 2. The monoisotopic (exact) mass is 359 g/mol. The molecular weight excluding hydrogens is 334 g/mol. The SMILES string of the molecule is CCCc1cc(=O)[nH]c(SCC(=O)N[C@H](CC)c2ccc(C)cc2)n1. The minimum absolute atomic E-state index is 0.00728. The summed E-state index contributed by atoms with van der Waals surface area (Å²) in [6.45, 7) is 6.13. The van der Waals surface area contributed by atoms with Crippen LogP contribution in [0.1, 0.15) is 49.6 Å². The Morgan fingerprint density at radius 1 is 1.28 bits per heavy atom. The molecule has 0 bridgehead atoms. The number of nitrogens with one attached hydrogen (secondary N) is 2. The summed E-state index contributed by atoms with van der Waals surface area (Å²) in [5.74, 6) is 0.155. The Morgan fingerprint density at radius 2 is 2.00 bits per heavy atom. The second-order valence-corrected chi connectivity index (χ2v) is 6.98. The molecule has 0 saturated carbocycles. The van der Waals surface area contributed by atoms with Gasteiger partial charge in [-0.15, -0.1) is 0 Å². The molecule has 1 atom stereocenters. The van der Waals surface area contributed by atoms with Crippen molar-refractivity contribution in [1.29, 1.82) is 0 Å². The third-order valence-electron chi connectivity index (χ3n) is 3.84. The largest absolute Gasteiger partial charge is 0.349 e. The van der Waals surface area contributed by atoms with E-state index in [1.54, 1.807) is 0 Å². The average Bonchev–Trinajstić information content (AvgIpc) is 2.58. The quantitative estimate of drug-likeness (QED) is 0.560. The highest BCUT2D eigenvalue weighted by atomic mass is 32.2. The molecule has 0 aliphatic rings. The number of carbonyl (C=O) groups is 1. The van der Waals surface area contributed by atoms with Gasteiger partial charge in [0, 0.05) is 11.8 Å². The molecule has 0 fully saturated rings. The first-order valence-electron chi connectivity index (χ1n) is 8.60. The maximum Gasteiger partial charge on any atom is 0.251 e. The van der Waals surface area contributed by atoms with Gasteiger partial charge in [-0.05, 0) is 25.3 Å². The molecule has 1 aromatic carbocycles. The number of thioether (sulfide) groups is 1. The number of H-pyrrole nitrogens is 1. The zero-order chi connectivity index (χ0) is 18.2. The van der Waals surface area contributed by atoms with Crippen LogP contribution in [-0.2, 0) is 11.2 Å². The minimum atomic E-state index is -0.174. The second-order valence-electron chi connectivity index (χ2n) is 6.02. The maximum absolute atomic E-state index is 12.3. The van der Waals surface area contributed by atoms with E-state index in [4.69, 9.17) is 0 Å². The van der Waals surface area contributed by atoms with Gasteiger partial charge in [0.15, 0.2) is 5.16 Å². The van der Waals surface area contributed by atoms with Crippen LogP contribution >= 0.6 is 11.8 Å². The smallest absolute Gasteiger partial charge is 0.251 e. The lowest BCUT2D eigenvalue weighted by Gasteiger charge is -2.17. The standard InChI is InChI=1S/C19H25N3O2S/c1-4-6-15-11-17(23)22-19(20-15)25-12-18(24)21-16(5-2)14-9-7-13(3)8-10-14/h7-11,16H,4-6,12H2,1-3H3,(H,21,24)(H,20,22,23)/t16-/m1/s1. The molecule has 0 saturated heterocycles. The van der Waals surface area contributed by atoms with E-state index in [0.29, 0.717) is 5.16 Å². The van der Waals surface area contributed by atoms with E-state index in [-0.39, 0.29) is 23.3 Å². The summed E-state index contributed by atoms with van der Waals surface area (Å²) in [7, 11) is 0. The number of rotatable bonds is 8. The first-order chi connectivity index (χ1) is 12.0.